The van der Waals surface area contributed by atoms with Gasteiger partial charge in [-0.05, 0) is 39.8 Å². The largest absolute Gasteiger partial charge is 0.379 e. The molecule has 0 aromatic carbocycles. The summed E-state index contributed by atoms with van der Waals surface area (Å²) in [5.41, 5.74) is 6.55. The lowest BCUT2D eigenvalue weighted by molar-refractivity contribution is 1.02. The van der Waals surface area contributed by atoms with Gasteiger partial charge in [-0.2, -0.15) is 5.10 Å². The van der Waals surface area contributed by atoms with E-state index in [0.29, 0.717) is 0 Å². The fourth-order valence-corrected chi connectivity index (χ4v) is 1.89. The van der Waals surface area contributed by atoms with E-state index in [1.165, 1.54) is 5.56 Å². The van der Waals surface area contributed by atoms with Gasteiger partial charge in [0, 0.05) is 23.5 Å². The number of nitrogens with zero attached hydrogens (tertiary/aromatic N) is 2. The number of H-pyrrole nitrogens is 1. The molecule has 0 bridgehead atoms. The fraction of sp³-hybridized carbons (Fsp3) is 0.385. The maximum absolute atomic E-state index is 4.43. The second kappa shape index (κ2) is 4.57. The molecule has 2 aromatic heterocycles. The Labute approximate surface area is 101 Å². The summed E-state index contributed by atoms with van der Waals surface area (Å²) in [6, 6.07) is 4.09. The van der Waals surface area contributed by atoms with Crippen molar-refractivity contribution in [2.45, 2.75) is 34.2 Å². The zero-order valence-corrected chi connectivity index (χ0v) is 10.8. The van der Waals surface area contributed by atoms with E-state index < -0.39 is 0 Å². The topological polar surface area (TPSA) is 53.6 Å². The highest BCUT2D eigenvalue weighted by Gasteiger charge is 2.06. The van der Waals surface area contributed by atoms with Crippen LogP contribution in [-0.4, -0.2) is 15.2 Å². The van der Waals surface area contributed by atoms with Gasteiger partial charge >= 0.3 is 0 Å². The molecule has 0 saturated heterocycles. The van der Waals surface area contributed by atoms with Crippen LogP contribution in [0.2, 0.25) is 0 Å². The van der Waals surface area contributed by atoms with E-state index >= 15 is 0 Å². The molecular weight excluding hydrogens is 212 g/mol. The first-order valence-electron chi connectivity index (χ1n) is 5.76. The maximum atomic E-state index is 4.43. The smallest absolute Gasteiger partial charge is 0.0643 e. The third-order valence-corrected chi connectivity index (χ3v) is 2.96. The molecule has 17 heavy (non-hydrogen) atoms. The molecule has 0 saturated carbocycles. The van der Waals surface area contributed by atoms with Crippen molar-refractivity contribution in [1.29, 1.82) is 0 Å². The number of hydrogen-bond donors (Lipinski definition) is 2. The van der Waals surface area contributed by atoms with Gasteiger partial charge in [0.25, 0.3) is 0 Å². The first-order valence-corrected chi connectivity index (χ1v) is 5.76. The summed E-state index contributed by atoms with van der Waals surface area (Å²) in [5.74, 6) is 0. The lowest BCUT2D eigenvalue weighted by Crippen LogP contribution is -2.04. The van der Waals surface area contributed by atoms with Crippen molar-refractivity contribution < 1.29 is 0 Å². The molecule has 90 valence electrons. The first-order chi connectivity index (χ1) is 8.08. The maximum Gasteiger partial charge on any atom is 0.0643 e. The van der Waals surface area contributed by atoms with Crippen LogP contribution >= 0.6 is 0 Å². The molecule has 0 aliphatic carbocycles. The Morgan fingerprint density at radius 2 is 1.88 bits per heavy atom. The van der Waals surface area contributed by atoms with Crippen LogP contribution in [0.25, 0.3) is 0 Å². The van der Waals surface area contributed by atoms with Crippen LogP contribution in [0.15, 0.2) is 12.1 Å². The molecule has 4 heteroatoms. The predicted molar refractivity (Wildman–Crippen MR) is 69.1 cm³/mol. The molecule has 0 aliphatic heterocycles. The Kier molecular flexibility index (Phi) is 3.13. The summed E-state index contributed by atoms with van der Waals surface area (Å²) in [5, 5.41) is 10.6. The van der Waals surface area contributed by atoms with Gasteiger partial charge in [0.1, 0.15) is 0 Å². The van der Waals surface area contributed by atoms with Crippen LogP contribution in [0.1, 0.15) is 28.3 Å². The summed E-state index contributed by atoms with van der Waals surface area (Å²) in [7, 11) is 0. The Morgan fingerprint density at radius 3 is 2.47 bits per heavy atom. The van der Waals surface area contributed by atoms with E-state index in [1.807, 2.05) is 33.8 Å². The van der Waals surface area contributed by atoms with Gasteiger partial charge in [-0.3, -0.25) is 10.1 Å². The highest BCUT2D eigenvalue weighted by atomic mass is 15.1. The van der Waals surface area contributed by atoms with Crippen LogP contribution in [-0.2, 0) is 6.54 Å². The number of aryl methyl sites for hydroxylation is 4. The second-order valence-electron chi connectivity index (χ2n) is 4.35. The number of nitrogens with one attached hydrogen (secondary N) is 2. The first kappa shape index (κ1) is 11.6. The Hall–Kier alpha value is -1.84. The van der Waals surface area contributed by atoms with Crippen LogP contribution < -0.4 is 5.32 Å². The zero-order chi connectivity index (χ0) is 12.4. The van der Waals surface area contributed by atoms with Gasteiger partial charge in [-0.15, -0.1) is 0 Å². The Morgan fingerprint density at radius 1 is 1.12 bits per heavy atom. The molecule has 2 heterocycles. The standard InChI is InChI=1S/C13H18N4/c1-8-5-6-13(11(4)15-8)14-7-12-9(2)16-17-10(12)3/h5-6,14H,7H2,1-4H3,(H,16,17). The number of anilines is 1. The van der Waals surface area contributed by atoms with Gasteiger partial charge in [0.15, 0.2) is 0 Å². The third kappa shape index (κ3) is 2.46. The van der Waals surface area contributed by atoms with E-state index in [2.05, 4.69) is 26.6 Å². The third-order valence-electron chi connectivity index (χ3n) is 2.96. The molecule has 2 rings (SSSR count). The Bertz CT molecular complexity index is 509. The average molecular weight is 230 g/mol. The summed E-state index contributed by atoms with van der Waals surface area (Å²) in [4.78, 5) is 4.43. The van der Waals surface area contributed by atoms with E-state index in [1.54, 1.807) is 0 Å². The molecule has 2 aromatic rings. The summed E-state index contributed by atoms with van der Waals surface area (Å²) in [6.07, 6.45) is 0. The van der Waals surface area contributed by atoms with Gasteiger partial charge in [-0.25, -0.2) is 0 Å². The second-order valence-corrected chi connectivity index (χ2v) is 4.35. The van der Waals surface area contributed by atoms with Crippen molar-refractivity contribution in [3.8, 4) is 0 Å². The van der Waals surface area contributed by atoms with Crippen molar-refractivity contribution in [2.75, 3.05) is 5.32 Å². The molecule has 0 fully saturated rings. The fourth-order valence-electron chi connectivity index (χ4n) is 1.89. The quantitative estimate of drug-likeness (QED) is 0.852. The van der Waals surface area contributed by atoms with Gasteiger partial charge in [0.2, 0.25) is 0 Å². The molecule has 0 atom stereocenters. The number of pyridine rings is 1. The normalized spacial score (nSPS) is 10.6. The van der Waals surface area contributed by atoms with Crippen LogP contribution in [0, 0.1) is 27.7 Å². The minimum absolute atomic E-state index is 0.778. The monoisotopic (exact) mass is 230 g/mol. The minimum Gasteiger partial charge on any atom is -0.379 e. The number of aromatic nitrogens is 3. The number of aromatic amines is 1. The van der Waals surface area contributed by atoms with Crippen LogP contribution in [0.5, 0.6) is 0 Å². The van der Waals surface area contributed by atoms with Gasteiger partial charge < -0.3 is 5.32 Å². The van der Waals surface area contributed by atoms with E-state index in [0.717, 1.165) is 35.0 Å². The lowest BCUT2D eigenvalue weighted by Gasteiger charge is -2.09. The van der Waals surface area contributed by atoms with Crippen molar-refractivity contribution in [1.82, 2.24) is 15.2 Å². The minimum atomic E-state index is 0.778. The molecule has 0 radical (unpaired) electrons. The highest BCUT2D eigenvalue weighted by molar-refractivity contribution is 5.48. The summed E-state index contributed by atoms with van der Waals surface area (Å²) < 4.78 is 0. The Balaban J connectivity index is 2.13. The average Bonchev–Trinajstić information content (AvgIpc) is 2.58. The molecule has 0 amide bonds. The van der Waals surface area contributed by atoms with Gasteiger partial charge in [-0.1, -0.05) is 0 Å². The molecule has 0 spiro atoms. The van der Waals surface area contributed by atoms with Crippen LogP contribution in [0.3, 0.4) is 0 Å². The van der Waals surface area contributed by atoms with Crippen molar-refractivity contribution in [3.05, 3.63) is 40.5 Å². The molecule has 2 N–H and O–H groups in total. The highest BCUT2D eigenvalue weighted by Crippen LogP contribution is 2.16. The summed E-state index contributed by atoms with van der Waals surface area (Å²) in [6.45, 7) is 8.85. The van der Waals surface area contributed by atoms with Crippen molar-refractivity contribution >= 4 is 5.69 Å². The lowest BCUT2D eigenvalue weighted by atomic mass is 10.2. The van der Waals surface area contributed by atoms with Crippen molar-refractivity contribution in [3.63, 3.8) is 0 Å². The SMILES string of the molecule is Cc1ccc(NCc2c(C)n[nH]c2C)c(C)n1. The molecule has 0 aliphatic rings. The molecular formula is C13H18N4. The number of rotatable bonds is 3. The summed E-state index contributed by atoms with van der Waals surface area (Å²) >= 11 is 0. The predicted octanol–water partition coefficient (Wildman–Crippen LogP) is 2.65. The molecule has 4 nitrogen and oxygen atoms in total. The number of hydrogen-bond acceptors (Lipinski definition) is 3. The van der Waals surface area contributed by atoms with E-state index in [4.69, 9.17) is 0 Å². The van der Waals surface area contributed by atoms with E-state index in [9.17, 15) is 0 Å². The zero-order valence-electron chi connectivity index (χ0n) is 10.8. The van der Waals surface area contributed by atoms with Crippen molar-refractivity contribution in [2.24, 2.45) is 0 Å². The van der Waals surface area contributed by atoms with Gasteiger partial charge in [0.05, 0.1) is 17.1 Å². The van der Waals surface area contributed by atoms with Crippen LogP contribution in [0.4, 0.5) is 5.69 Å². The van der Waals surface area contributed by atoms with E-state index in [-0.39, 0.29) is 0 Å². The molecule has 0 unspecified atom stereocenters.